The van der Waals surface area contributed by atoms with Crippen molar-refractivity contribution in [3.63, 3.8) is 0 Å². The molecule has 0 radical (unpaired) electrons. The maximum atomic E-state index is 14.0. The quantitative estimate of drug-likeness (QED) is 0.662. The Hall–Kier alpha value is -2.57. The van der Waals surface area contributed by atoms with Gasteiger partial charge in [0.25, 0.3) is 0 Å². The fourth-order valence-electron chi connectivity index (χ4n) is 3.65. The minimum Gasteiger partial charge on any atom is -0.317 e. The molecule has 146 valence electrons. The molecule has 6 heteroatoms. The average Bonchev–Trinajstić information content (AvgIpc) is 3.14. The van der Waals surface area contributed by atoms with Gasteiger partial charge in [0.2, 0.25) is 0 Å². The highest BCUT2D eigenvalue weighted by atomic mass is 19.1. The monoisotopic (exact) mass is 379 g/mol. The van der Waals surface area contributed by atoms with E-state index < -0.39 is 0 Å². The Bertz CT molecular complexity index is 887. The molecule has 28 heavy (non-hydrogen) atoms. The van der Waals surface area contributed by atoms with Crippen LogP contribution in [0, 0.1) is 11.7 Å². The van der Waals surface area contributed by atoms with Crippen LogP contribution < -0.4 is 10.6 Å². The van der Waals surface area contributed by atoms with E-state index in [2.05, 4.69) is 20.8 Å². The van der Waals surface area contributed by atoms with Gasteiger partial charge < -0.3 is 10.6 Å². The molecular formula is C22H26FN5. The van der Waals surface area contributed by atoms with E-state index in [0.717, 1.165) is 36.6 Å². The van der Waals surface area contributed by atoms with Gasteiger partial charge in [0.05, 0.1) is 6.54 Å². The molecule has 0 unspecified atom stereocenters. The predicted molar refractivity (Wildman–Crippen MR) is 108 cm³/mol. The molecule has 0 spiro atoms. The third-order valence-electron chi connectivity index (χ3n) is 5.23. The SMILES string of the molecule is Fc1ccccc1Cn1nc(CNCC2CCNCC2)c(-c2ccccc2)n1. The second kappa shape index (κ2) is 9.08. The molecule has 0 atom stereocenters. The first-order valence-corrected chi connectivity index (χ1v) is 9.94. The van der Waals surface area contributed by atoms with E-state index in [1.165, 1.54) is 18.9 Å². The average molecular weight is 379 g/mol. The first-order valence-electron chi connectivity index (χ1n) is 9.94. The van der Waals surface area contributed by atoms with Crippen LogP contribution in [0.1, 0.15) is 24.1 Å². The van der Waals surface area contributed by atoms with Crippen molar-refractivity contribution in [2.75, 3.05) is 19.6 Å². The first-order chi connectivity index (χ1) is 13.8. The van der Waals surface area contributed by atoms with Crippen LogP contribution in [0.2, 0.25) is 0 Å². The molecule has 0 aliphatic carbocycles. The summed E-state index contributed by atoms with van der Waals surface area (Å²) in [4.78, 5) is 1.60. The molecule has 4 rings (SSSR count). The molecule has 0 bridgehead atoms. The van der Waals surface area contributed by atoms with Crippen LogP contribution in [0.3, 0.4) is 0 Å². The smallest absolute Gasteiger partial charge is 0.128 e. The predicted octanol–water partition coefficient (Wildman–Crippen LogP) is 3.22. The van der Waals surface area contributed by atoms with Crippen molar-refractivity contribution < 1.29 is 4.39 Å². The summed E-state index contributed by atoms with van der Waals surface area (Å²) in [5, 5.41) is 16.3. The first kappa shape index (κ1) is 18.8. The third-order valence-corrected chi connectivity index (χ3v) is 5.23. The summed E-state index contributed by atoms with van der Waals surface area (Å²) in [5.41, 5.74) is 3.37. The normalized spacial score (nSPS) is 15.0. The Labute approximate surface area is 165 Å². The lowest BCUT2D eigenvalue weighted by atomic mass is 9.98. The third kappa shape index (κ3) is 4.64. The van der Waals surface area contributed by atoms with Crippen LogP contribution in [0.5, 0.6) is 0 Å². The minimum absolute atomic E-state index is 0.230. The van der Waals surface area contributed by atoms with Gasteiger partial charge >= 0.3 is 0 Å². The van der Waals surface area contributed by atoms with Crippen molar-refractivity contribution in [2.24, 2.45) is 5.92 Å². The van der Waals surface area contributed by atoms with E-state index in [1.54, 1.807) is 16.9 Å². The molecular weight excluding hydrogens is 353 g/mol. The van der Waals surface area contributed by atoms with Crippen LogP contribution in [-0.4, -0.2) is 34.6 Å². The molecule has 0 saturated carbocycles. The van der Waals surface area contributed by atoms with Crippen LogP contribution in [0.25, 0.3) is 11.3 Å². The molecule has 1 aliphatic heterocycles. The molecule has 1 aliphatic rings. The summed E-state index contributed by atoms with van der Waals surface area (Å²) < 4.78 is 14.0. The van der Waals surface area contributed by atoms with E-state index in [0.29, 0.717) is 24.6 Å². The van der Waals surface area contributed by atoms with Crippen molar-refractivity contribution in [3.05, 3.63) is 71.7 Å². The van der Waals surface area contributed by atoms with Gasteiger partial charge in [0, 0.05) is 17.7 Å². The van der Waals surface area contributed by atoms with Gasteiger partial charge in [-0.25, -0.2) is 4.39 Å². The van der Waals surface area contributed by atoms with E-state index in [1.807, 2.05) is 36.4 Å². The molecule has 3 aromatic rings. The Morgan fingerprint density at radius 2 is 1.75 bits per heavy atom. The second-order valence-corrected chi connectivity index (χ2v) is 7.31. The summed E-state index contributed by atoms with van der Waals surface area (Å²) >= 11 is 0. The molecule has 5 nitrogen and oxygen atoms in total. The van der Waals surface area contributed by atoms with Crippen LogP contribution in [-0.2, 0) is 13.1 Å². The van der Waals surface area contributed by atoms with E-state index in [-0.39, 0.29) is 5.82 Å². The topological polar surface area (TPSA) is 54.8 Å². The molecule has 1 fully saturated rings. The highest BCUT2D eigenvalue weighted by Crippen LogP contribution is 2.21. The lowest BCUT2D eigenvalue weighted by molar-refractivity contribution is 0.355. The van der Waals surface area contributed by atoms with Crippen molar-refractivity contribution in [1.82, 2.24) is 25.6 Å². The van der Waals surface area contributed by atoms with Gasteiger partial charge in [0.1, 0.15) is 17.2 Å². The fourth-order valence-corrected chi connectivity index (χ4v) is 3.65. The Morgan fingerprint density at radius 3 is 2.54 bits per heavy atom. The Kier molecular flexibility index (Phi) is 6.09. The van der Waals surface area contributed by atoms with E-state index in [4.69, 9.17) is 0 Å². The highest BCUT2D eigenvalue weighted by molar-refractivity contribution is 5.60. The summed E-state index contributed by atoms with van der Waals surface area (Å²) in [6.45, 7) is 4.16. The van der Waals surface area contributed by atoms with Crippen LogP contribution >= 0.6 is 0 Å². The van der Waals surface area contributed by atoms with E-state index >= 15 is 0 Å². The summed E-state index contributed by atoms with van der Waals surface area (Å²) in [6.07, 6.45) is 2.41. The zero-order valence-electron chi connectivity index (χ0n) is 15.9. The van der Waals surface area contributed by atoms with Crippen molar-refractivity contribution in [1.29, 1.82) is 0 Å². The Morgan fingerprint density at radius 1 is 1.00 bits per heavy atom. The molecule has 2 heterocycles. The number of aromatic nitrogens is 3. The minimum atomic E-state index is -0.230. The standard InChI is InChI=1S/C22H26FN5/c23-20-9-5-4-8-19(20)16-28-26-21(15-25-14-17-10-12-24-13-11-17)22(27-28)18-6-2-1-3-7-18/h1-9,17,24-25H,10-16H2. The van der Waals surface area contributed by atoms with Gasteiger partial charge in [0.15, 0.2) is 0 Å². The maximum absolute atomic E-state index is 14.0. The van der Waals surface area contributed by atoms with Gasteiger partial charge in [-0.1, -0.05) is 48.5 Å². The van der Waals surface area contributed by atoms with Gasteiger partial charge in [-0.2, -0.15) is 15.0 Å². The zero-order chi connectivity index (χ0) is 19.2. The highest BCUT2D eigenvalue weighted by Gasteiger charge is 2.16. The number of rotatable bonds is 7. The van der Waals surface area contributed by atoms with Crippen molar-refractivity contribution in [3.8, 4) is 11.3 Å². The van der Waals surface area contributed by atoms with Gasteiger partial charge in [-0.15, -0.1) is 0 Å². The molecule has 1 saturated heterocycles. The number of hydrogen-bond acceptors (Lipinski definition) is 4. The Balaban J connectivity index is 1.51. The fraction of sp³-hybridized carbons (Fsp3) is 0.364. The number of benzene rings is 2. The lowest BCUT2D eigenvalue weighted by Crippen LogP contribution is -2.33. The lowest BCUT2D eigenvalue weighted by Gasteiger charge is -2.22. The van der Waals surface area contributed by atoms with E-state index in [9.17, 15) is 4.39 Å². The number of hydrogen-bond donors (Lipinski definition) is 2. The molecule has 2 N–H and O–H groups in total. The van der Waals surface area contributed by atoms with Gasteiger partial charge in [-0.3, -0.25) is 0 Å². The van der Waals surface area contributed by atoms with Gasteiger partial charge in [-0.05, 0) is 44.5 Å². The summed E-state index contributed by atoms with van der Waals surface area (Å²) in [7, 11) is 0. The number of nitrogens with zero attached hydrogens (tertiary/aromatic N) is 3. The number of piperidine rings is 1. The maximum Gasteiger partial charge on any atom is 0.128 e. The number of halogens is 1. The molecule has 0 amide bonds. The zero-order valence-corrected chi connectivity index (χ0v) is 15.9. The molecule has 2 aromatic carbocycles. The second-order valence-electron chi connectivity index (χ2n) is 7.31. The summed E-state index contributed by atoms with van der Waals surface area (Å²) in [5.74, 6) is 0.474. The largest absolute Gasteiger partial charge is 0.317 e. The van der Waals surface area contributed by atoms with Crippen molar-refractivity contribution in [2.45, 2.75) is 25.9 Å². The van der Waals surface area contributed by atoms with Crippen molar-refractivity contribution >= 4 is 0 Å². The molecule has 1 aromatic heterocycles. The number of nitrogens with one attached hydrogen (secondary N) is 2. The van der Waals surface area contributed by atoms with Crippen LogP contribution in [0.15, 0.2) is 54.6 Å². The van der Waals surface area contributed by atoms with Crippen LogP contribution in [0.4, 0.5) is 4.39 Å². The summed E-state index contributed by atoms with van der Waals surface area (Å²) in [6, 6.07) is 16.8.